The molecule has 0 unspecified atom stereocenters. The maximum atomic E-state index is 10.9. The molecule has 0 spiro atoms. The molecule has 0 aliphatic carbocycles. The van der Waals surface area contributed by atoms with Crippen LogP contribution in [0.5, 0.6) is 0 Å². The van der Waals surface area contributed by atoms with Gasteiger partial charge in [0.15, 0.2) is 11.4 Å². The molecular formula is C28H36N2O12S2. The third-order valence-corrected chi connectivity index (χ3v) is 7.02. The molecule has 0 atom stereocenters. The van der Waals surface area contributed by atoms with Gasteiger partial charge in [-0.3, -0.25) is 9.11 Å². The highest BCUT2D eigenvalue weighted by molar-refractivity contribution is 7.86. The van der Waals surface area contributed by atoms with Gasteiger partial charge >= 0.3 is 0 Å². The van der Waals surface area contributed by atoms with Crippen LogP contribution in [0.15, 0.2) is 82.6 Å². The molecule has 0 bridgehead atoms. The minimum absolute atomic E-state index is 0.125. The van der Waals surface area contributed by atoms with Gasteiger partial charge in [-0.1, -0.05) is 57.0 Å². The van der Waals surface area contributed by atoms with Crippen molar-refractivity contribution < 1.29 is 66.4 Å². The van der Waals surface area contributed by atoms with Gasteiger partial charge in [0.25, 0.3) is 20.2 Å². The molecule has 242 valence electrons. The van der Waals surface area contributed by atoms with E-state index >= 15 is 0 Å². The zero-order chi connectivity index (χ0) is 33.2. The summed E-state index contributed by atoms with van der Waals surface area (Å²) in [4.78, 5) is 30.7. The van der Waals surface area contributed by atoms with Gasteiger partial charge in [0, 0.05) is 24.3 Å². The smallest absolute Gasteiger partial charge is 0.294 e. The van der Waals surface area contributed by atoms with Crippen LogP contribution in [0.25, 0.3) is 0 Å². The molecule has 0 amide bonds. The Morgan fingerprint density at radius 2 is 1.02 bits per heavy atom. The average Bonchev–Trinajstić information content (AvgIpc) is 2.98. The maximum Gasteiger partial charge on any atom is 0.294 e. The molecule has 44 heavy (non-hydrogen) atoms. The van der Waals surface area contributed by atoms with Crippen LogP contribution in [0, 0.1) is 0 Å². The molecule has 0 saturated carbocycles. The minimum Gasteiger partial charge on any atom is -0.545 e. The van der Waals surface area contributed by atoms with E-state index in [9.17, 15) is 36.6 Å². The van der Waals surface area contributed by atoms with E-state index < -0.39 is 32.2 Å². The molecule has 0 fully saturated rings. The van der Waals surface area contributed by atoms with E-state index in [1.54, 1.807) is 24.3 Å². The predicted octanol–water partition coefficient (Wildman–Crippen LogP) is 0.133. The standard InChI is InChI=1S/2C10H15NO4S.C8H6O4/c2*1-2-3-7-15-11-9-5-4-6-10(8-9)16(12,13)14;9-7(10)5-2-1-3-6(4-5)8(11)12/h2*4-6,8,11H,2-3,7H2,1H3,(H,12,13,14);1-4H,(H,9,10)(H,11,12). The quantitative estimate of drug-likeness (QED) is 0.0784. The van der Waals surface area contributed by atoms with Gasteiger partial charge in [-0.05, 0) is 42.2 Å². The summed E-state index contributed by atoms with van der Waals surface area (Å²) in [6.07, 6.45) is 3.99. The molecule has 0 saturated heterocycles. The summed E-state index contributed by atoms with van der Waals surface area (Å²) < 4.78 is 61.1. The molecule has 0 aliphatic rings. The largest absolute Gasteiger partial charge is 0.545 e. The van der Waals surface area contributed by atoms with Crippen LogP contribution in [0.3, 0.4) is 0 Å². The lowest BCUT2D eigenvalue weighted by molar-refractivity contribution is -0.837. The van der Waals surface area contributed by atoms with E-state index in [1.165, 1.54) is 53.4 Å². The molecular weight excluding hydrogens is 620 g/mol. The Hall–Kier alpha value is -3.74. The maximum absolute atomic E-state index is 10.9. The van der Waals surface area contributed by atoms with E-state index in [-0.39, 0.29) is 20.9 Å². The van der Waals surface area contributed by atoms with Gasteiger partial charge in [-0.2, -0.15) is 27.8 Å². The lowest BCUT2D eigenvalue weighted by Crippen LogP contribution is -2.76. The summed E-state index contributed by atoms with van der Waals surface area (Å²) in [7, 11) is -8.27. The molecule has 3 aromatic carbocycles. The highest BCUT2D eigenvalue weighted by Crippen LogP contribution is 2.12. The molecule has 6 N–H and O–H groups in total. The number of unbranched alkanes of at least 4 members (excludes halogenated alkanes) is 2. The van der Waals surface area contributed by atoms with Gasteiger partial charge in [0.1, 0.15) is 13.2 Å². The fraction of sp³-hybridized carbons (Fsp3) is 0.286. The minimum atomic E-state index is -4.14. The van der Waals surface area contributed by atoms with Crippen LogP contribution in [-0.2, 0) is 29.9 Å². The van der Waals surface area contributed by atoms with Gasteiger partial charge in [0.05, 0.1) is 21.7 Å². The van der Waals surface area contributed by atoms with E-state index in [2.05, 4.69) is 13.8 Å². The number of hydrogen-bond acceptors (Lipinski definition) is 10. The number of carbonyl (C=O) groups is 2. The second kappa shape index (κ2) is 19.5. The third-order valence-electron chi connectivity index (χ3n) is 5.32. The van der Waals surface area contributed by atoms with Gasteiger partial charge in [-0.15, -0.1) is 0 Å². The van der Waals surface area contributed by atoms with Crippen LogP contribution < -0.4 is 21.2 Å². The Labute approximate surface area is 256 Å². The summed E-state index contributed by atoms with van der Waals surface area (Å²) in [5.41, 5.74) is 3.88. The number of carboxylic acid groups (broad SMARTS) is 2. The van der Waals surface area contributed by atoms with Crippen LogP contribution in [0.1, 0.15) is 60.2 Å². The Kier molecular flexibility index (Phi) is 17.0. The highest BCUT2D eigenvalue weighted by atomic mass is 32.2. The van der Waals surface area contributed by atoms with E-state index in [0.29, 0.717) is 24.6 Å². The van der Waals surface area contributed by atoms with Crippen molar-refractivity contribution in [1.29, 1.82) is 0 Å². The van der Waals surface area contributed by atoms with Crippen LogP contribution >= 0.6 is 0 Å². The zero-order valence-electron chi connectivity index (χ0n) is 24.1. The summed E-state index contributed by atoms with van der Waals surface area (Å²) in [6, 6.07) is 16.7. The lowest BCUT2D eigenvalue weighted by atomic mass is 10.1. The van der Waals surface area contributed by atoms with E-state index in [1.807, 2.05) is 0 Å². The summed E-state index contributed by atoms with van der Waals surface area (Å²) >= 11 is 0. The van der Waals surface area contributed by atoms with Crippen LogP contribution in [0.2, 0.25) is 0 Å². The molecule has 3 aromatic rings. The molecule has 0 aliphatic heterocycles. The second-order valence-corrected chi connectivity index (χ2v) is 11.8. The van der Waals surface area contributed by atoms with Gasteiger partial charge in [0.2, 0.25) is 0 Å². The van der Waals surface area contributed by atoms with Crippen molar-refractivity contribution in [2.45, 2.75) is 49.3 Å². The van der Waals surface area contributed by atoms with Crippen molar-refractivity contribution in [3.05, 3.63) is 83.9 Å². The Balaban J connectivity index is 0.000000334. The number of rotatable bonds is 14. The monoisotopic (exact) mass is 656 g/mol. The second-order valence-electron chi connectivity index (χ2n) is 8.94. The summed E-state index contributed by atoms with van der Waals surface area (Å²) in [6.45, 7) is 5.32. The number of nitrogens with two attached hydrogens (primary N) is 2. The first kappa shape index (κ1) is 38.3. The SMILES string of the molecule is CCCCO[NH2+]c1cccc(S(=O)(=O)O)c1.CCCCO[NH2+]c1cccc(S(=O)(=O)O)c1.O=C([O-])c1cccc(C(=O)[O-])c1. The third kappa shape index (κ3) is 15.6. The van der Waals surface area contributed by atoms with Crippen molar-refractivity contribution in [2.75, 3.05) is 13.2 Å². The fourth-order valence-electron chi connectivity index (χ4n) is 3.04. The first-order valence-corrected chi connectivity index (χ1v) is 16.1. The Bertz CT molecular complexity index is 1450. The highest BCUT2D eigenvalue weighted by Gasteiger charge is 2.12. The van der Waals surface area contributed by atoms with Gasteiger partial charge in [-0.25, -0.2) is 9.68 Å². The molecule has 0 heterocycles. The van der Waals surface area contributed by atoms with Crippen molar-refractivity contribution in [2.24, 2.45) is 0 Å². The number of hydrogen-bond donors (Lipinski definition) is 4. The zero-order valence-corrected chi connectivity index (χ0v) is 25.8. The fourth-order valence-corrected chi connectivity index (χ4v) is 4.11. The summed E-state index contributed by atoms with van der Waals surface area (Å²) in [5, 5.41) is 20.5. The van der Waals surface area contributed by atoms with Crippen molar-refractivity contribution >= 4 is 43.5 Å². The van der Waals surface area contributed by atoms with Crippen LogP contribution in [0.4, 0.5) is 11.4 Å². The molecule has 0 radical (unpaired) electrons. The van der Waals surface area contributed by atoms with E-state index in [0.717, 1.165) is 31.7 Å². The Morgan fingerprint density at radius 3 is 1.34 bits per heavy atom. The molecule has 16 heteroatoms. The normalized spacial score (nSPS) is 11.0. The van der Waals surface area contributed by atoms with Crippen molar-refractivity contribution in [3.63, 3.8) is 0 Å². The number of aromatic carboxylic acids is 2. The molecule has 14 nitrogen and oxygen atoms in total. The number of carbonyl (C=O) groups excluding carboxylic acids is 2. The first-order valence-electron chi connectivity index (χ1n) is 13.3. The van der Waals surface area contributed by atoms with Gasteiger partial charge < -0.3 is 19.8 Å². The molecule has 0 aromatic heterocycles. The summed E-state index contributed by atoms with van der Waals surface area (Å²) in [5.74, 6) is -2.81. The predicted molar refractivity (Wildman–Crippen MR) is 153 cm³/mol. The topological polar surface area (TPSA) is 241 Å². The van der Waals surface area contributed by atoms with Crippen LogP contribution in [-0.4, -0.2) is 51.1 Å². The number of quaternary nitrogens is 2. The first-order chi connectivity index (χ1) is 20.7. The average molecular weight is 657 g/mol. The Morgan fingerprint density at radius 1 is 0.659 bits per heavy atom. The lowest BCUT2D eigenvalue weighted by Gasteiger charge is -2.05. The molecule has 3 rings (SSSR count). The number of benzene rings is 3. The van der Waals surface area contributed by atoms with Crippen molar-refractivity contribution in [1.82, 2.24) is 0 Å². The van der Waals surface area contributed by atoms with Crippen molar-refractivity contribution in [3.8, 4) is 0 Å². The van der Waals surface area contributed by atoms with E-state index in [4.69, 9.17) is 18.8 Å². The number of carboxylic acids is 2.